The first kappa shape index (κ1) is 20.4. The Morgan fingerprint density at radius 2 is 1.48 bits per heavy atom. The second-order valence-corrected chi connectivity index (χ2v) is 7.27. The third-order valence-electron chi connectivity index (χ3n) is 4.42. The van der Waals surface area contributed by atoms with Gasteiger partial charge in [0.25, 0.3) is 5.91 Å². The van der Waals surface area contributed by atoms with Gasteiger partial charge in [-0.05, 0) is 66.8 Å². The summed E-state index contributed by atoms with van der Waals surface area (Å²) < 4.78 is 0. The Morgan fingerprint density at radius 3 is 2.14 bits per heavy atom. The Morgan fingerprint density at radius 1 is 0.828 bits per heavy atom. The molecule has 0 atom stereocenters. The molecular weight excluding hydrogens is 380 g/mol. The molecule has 0 saturated carbocycles. The summed E-state index contributed by atoms with van der Waals surface area (Å²) >= 11 is 1.68. The first-order chi connectivity index (χ1) is 14.1. The highest BCUT2D eigenvalue weighted by Crippen LogP contribution is 2.24. The van der Waals surface area contributed by atoms with Crippen molar-refractivity contribution in [1.29, 1.82) is 0 Å². The number of anilines is 2. The van der Waals surface area contributed by atoms with Crippen LogP contribution >= 0.6 is 11.8 Å². The largest absolute Gasteiger partial charge is 0.322 e. The number of nitrogens with one attached hydrogen (secondary N) is 2. The molecule has 0 bridgehead atoms. The predicted octanol–water partition coefficient (Wildman–Crippen LogP) is 5.62. The SMILES string of the molecule is CSc1ccc(/C=C/C(=O)Nc2cccc(NC(=O)c3ccccc3)c2C)cc1. The zero-order valence-corrected chi connectivity index (χ0v) is 17.1. The molecule has 0 heterocycles. The molecule has 0 fully saturated rings. The molecule has 3 rings (SSSR count). The van der Waals surface area contributed by atoms with Crippen molar-refractivity contribution in [3.8, 4) is 0 Å². The lowest BCUT2D eigenvalue weighted by atomic mass is 10.1. The van der Waals surface area contributed by atoms with Crippen LogP contribution in [0.3, 0.4) is 0 Å². The molecule has 29 heavy (non-hydrogen) atoms. The second kappa shape index (κ2) is 9.75. The first-order valence-corrected chi connectivity index (χ1v) is 10.4. The van der Waals surface area contributed by atoms with Crippen LogP contribution in [0.4, 0.5) is 11.4 Å². The van der Waals surface area contributed by atoms with E-state index in [0.717, 1.165) is 11.1 Å². The lowest BCUT2D eigenvalue weighted by Gasteiger charge is -2.13. The molecule has 5 heteroatoms. The zero-order chi connectivity index (χ0) is 20.6. The van der Waals surface area contributed by atoms with Gasteiger partial charge in [0.05, 0.1) is 0 Å². The van der Waals surface area contributed by atoms with Gasteiger partial charge in [0.15, 0.2) is 0 Å². The molecule has 0 aliphatic carbocycles. The van der Waals surface area contributed by atoms with Crippen molar-refractivity contribution in [3.63, 3.8) is 0 Å². The van der Waals surface area contributed by atoms with Crippen LogP contribution in [-0.2, 0) is 4.79 Å². The standard InChI is InChI=1S/C24H22N2O2S/c1-17-21(25-23(27)16-13-18-11-14-20(29-2)15-12-18)9-6-10-22(17)26-24(28)19-7-4-3-5-8-19/h3-16H,1-2H3,(H,25,27)(H,26,28)/b16-13+. The summed E-state index contributed by atoms with van der Waals surface area (Å²) in [7, 11) is 0. The topological polar surface area (TPSA) is 58.2 Å². The molecule has 2 N–H and O–H groups in total. The van der Waals surface area contributed by atoms with Crippen LogP contribution in [0.2, 0.25) is 0 Å². The fourth-order valence-corrected chi connectivity index (χ4v) is 3.16. The summed E-state index contributed by atoms with van der Waals surface area (Å²) in [6, 6.07) is 22.4. The first-order valence-electron chi connectivity index (χ1n) is 9.16. The summed E-state index contributed by atoms with van der Waals surface area (Å²) in [5.74, 6) is -0.417. The van der Waals surface area contributed by atoms with E-state index in [1.54, 1.807) is 36.0 Å². The Balaban J connectivity index is 1.67. The van der Waals surface area contributed by atoms with Gasteiger partial charge in [0.2, 0.25) is 5.91 Å². The molecule has 3 aromatic rings. The molecule has 0 spiro atoms. The van der Waals surface area contributed by atoms with Crippen LogP contribution in [0.5, 0.6) is 0 Å². The maximum Gasteiger partial charge on any atom is 0.255 e. The van der Waals surface area contributed by atoms with Crippen molar-refractivity contribution < 1.29 is 9.59 Å². The van der Waals surface area contributed by atoms with Gasteiger partial charge in [0, 0.05) is 27.9 Å². The summed E-state index contributed by atoms with van der Waals surface area (Å²) in [5, 5.41) is 5.77. The molecule has 3 aromatic carbocycles. The summed E-state index contributed by atoms with van der Waals surface area (Å²) in [5.41, 5.74) is 3.65. The van der Waals surface area contributed by atoms with Crippen LogP contribution in [0.25, 0.3) is 6.08 Å². The third kappa shape index (κ3) is 5.59. The van der Waals surface area contributed by atoms with Crippen LogP contribution in [-0.4, -0.2) is 18.1 Å². The Labute approximate surface area is 175 Å². The van der Waals surface area contributed by atoms with E-state index in [0.29, 0.717) is 16.9 Å². The van der Waals surface area contributed by atoms with Gasteiger partial charge in [-0.2, -0.15) is 0 Å². The van der Waals surface area contributed by atoms with Gasteiger partial charge in [-0.3, -0.25) is 9.59 Å². The molecule has 0 radical (unpaired) electrons. The molecule has 0 aromatic heterocycles. The molecule has 0 saturated heterocycles. The van der Waals surface area contributed by atoms with E-state index in [1.807, 2.05) is 67.8 Å². The van der Waals surface area contributed by atoms with Gasteiger partial charge in [-0.1, -0.05) is 36.4 Å². The van der Waals surface area contributed by atoms with Crippen LogP contribution < -0.4 is 10.6 Å². The quantitative estimate of drug-likeness (QED) is 0.415. The lowest BCUT2D eigenvalue weighted by Crippen LogP contribution is -2.14. The van der Waals surface area contributed by atoms with Crippen molar-refractivity contribution in [1.82, 2.24) is 0 Å². The van der Waals surface area contributed by atoms with Crippen molar-refractivity contribution in [3.05, 3.63) is 95.6 Å². The van der Waals surface area contributed by atoms with Gasteiger partial charge >= 0.3 is 0 Å². The molecule has 0 unspecified atom stereocenters. The fraction of sp³-hybridized carbons (Fsp3) is 0.0833. The number of amides is 2. The fourth-order valence-electron chi connectivity index (χ4n) is 2.75. The Bertz CT molecular complexity index is 1030. The van der Waals surface area contributed by atoms with Gasteiger partial charge in [0.1, 0.15) is 0 Å². The molecular formula is C24H22N2O2S. The monoisotopic (exact) mass is 402 g/mol. The Hall–Kier alpha value is -3.31. The highest BCUT2D eigenvalue weighted by Gasteiger charge is 2.10. The van der Waals surface area contributed by atoms with Crippen LogP contribution in [0, 0.1) is 6.92 Å². The molecule has 4 nitrogen and oxygen atoms in total. The smallest absolute Gasteiger partial charge is 0.255 e. The summed E-state index contributed by atoms with van der Waals surface area (Å²) in [4.78, 5) is 25.9. The number of hydrogen-bond acceptors (Lipinski definition) is 3. The van der Waals surface area contributed by atoms with E-state index in [-0.39, 0.29) is 11.8 Å². The van der Waals surface area contributed by atoms with E-state index in [9.17, 15) is 9.59 Å². The molecule has 0 aliphatic heterocycles. The summed E-state index contributed by atoms with van der Waals surface area (Å²) in [6.45, 7) is 1.86. The number of carbonyl (C=O) groups excluding carboxylic acids is 2. The highest BCUT2D eigenvalue weighted by atomic mass is 32.2. The van der Waals surface area contributed by atoms with Crippen LogP contribution in [0.1, 0.15) is 21.5 Å². The minimum absolute atomic E-state index is 0.189. The van der Waals surface area contributed by atoms with E-state index >= 15 is 0 Å². The average Bonchev–Trinajstić information content (AvgIpc) is 2.76. The third-order valence-corrected chi connectivity index (χ3v) is 5.16. The van der Waals surface area contributed by atoms with Crippen molar-refractivity contribution in [2.75, 3.05) is 16.9 Å². The maximum atomic E-state index is 12.4. The second-order valence-electron chi connectivity index (χ2n) is 6.39. The Kier molecular flexibility index (Phi) is 6.87. The van der Waals surface area contributed by atoms with E-state index in [2.05, 4.69) is 10.6 Å². The van der Waals surface area contributed by atoms with Gasteiger partial charge < -0.3 is 10.6 Å². The minimum atomic E-state index is -0.228. The summed E-state index contributed by atoms with van der Waals surface area (Å²) in [6.07, 6.45) is 5.30. The van der Waals surface area contributed by atoms with Crippen molar-refractivity contribution in [2.45, 2.75) is 11.8 Å². The van der Waals surface area contributed by atoms with Gasteiger partial charge in [-0.25, -0.2) is 0 Å². The number of rotatable bonds is 6. The average molecular weight is 403 g/mol. The number of hydrogen-bond donors (Lipinski definition) is 2. The number of benzene rings is 3. The number of thioether (sulfide) groups is 1. The van der Waals surface area contributed by atoms with Gasteiger partial charge in [-0.15, -0.1) is 11.8 Å². The highest BCUT2D eigenvalue weighted by molar-refractivity contribution is 7.98. The van der Waals surface area contributed by atoms with E-state index < -0.39 is 0 Å². The lowest BCUT2D eigenvalue weighted by molar-refractivity contribution is -0.111. The van der Waals surface area contributed by atoms with Crippen molar-refractivity contribution in [2.24, 2.45) is 0 Å². The van der Waals surface area contributed by atoms with Crippen LogP contribution in [0.15, 0.2) is 83.8 Å². The van der Waals surface area contributed by atoms with E-state index in [4.69, 9.17) is 0 Å². The zero-order valence-electron chi connectivity index (χ0n) is 16.3. The molecule has 2 amide bonds. The predicted molar refractivity (Wildman–Crippen MR) is 121 cm³/mol. The van der Waals surface area contributed by atoms with Crippen molar-refractivity contribution >= 4 is 41.0 Å². The minimum Gasteiger partial charge on any atom is -0.322 e. The molecule has 0 aliphatic rings. The van der Waals surface area contributed by atoms with E-state index in [1.165, 1.54) is 11.0 Å². The molecule has 146 valence electrons. The maximum absolute atomic E-state index is 12.4. The number of carbonyl (C=O) groups is 2. The normalized spacial score (nSPS) is 10.7.